The van der Waals surface area contributed by atoms with Crippen molar-refractivity contribution in [3.8, 4) is 0 Å². The largest absolute Gasteiger partial charge is 1.00 e. The average molecular weight is 649 g/mol. The molecule has 182 valence electrons. The van der Waals surface area contributed by atoms with Crippen molar-refractivity contribution in [3.63, 3.8) is 0 Å². The molecular formula is C26H54I2N2. The third kappa shape index (κ3) is 8.00. The van der Waals surface area contributed by atoms with E-state index in [1.54, 1.807) is 0 Å². The molecule has 2 fully saturated rings. The molecule has 0 bridgehead atoms. The van der Waals surface area contributed by atoms with Crippen molar-refractivity contribution < 1.29 is 56.9 Å². The van der Waals surface area contributed by atoms with E-state index in [2.05, 4.69) is 41.5 Å². The van der Waals surface area contributed by atoms with Crippen molar-refractivity contribution in [1.29, 1.82) is 0 Å². The van der Waals surface area contributed by atoms with Gasteiger partial charge in [0.2, 0.25) is 0 Å². The lowest BCUT2D eigenvalue weighted by atomic mass is 9.92. The van der Waals surface area contributed by atoms with E-state index < -0.39 is 0 Å². The summed E-state index contributed by atoms with van der Waals surface area (Å²) in [6.45, 7) is 26.1. The van der Waals surface area contributed by atoms with Gasteiger partial charge in [-0.1, -0.05) is 27.7 Å². The Bertz CT molecular complexity index is 379. The van der Waals surface area contributed by atoms with E-state index in [0.717, 1.165) is 23.7 Å². The fourth-order valence-electron chi connectivity index (χ4n) is 7.03. The van der Waals surface area contributed by atoms with Crippen molar-refractivity contribution in [3.05, 3.63) is 0 Å². The first-order valence-electron chi connectivity index (χ1n) is 13.2. The van der Waals surface area contributed by atoms with Gasteiger partial charge in [-0.25, -0.2) is 0 Å². The molecule has 2 rings (SSSR count). The van der Waals surface area contributed by atoms with Gasteiger partial charge in [0.25, 0.3) is 0 Å². The highest BCUT2D eigenvalue weighted by Crippen LogP contribution is 2.35. The van der Waals surface area contributed by atoms with Crippen molar-refractivity contribution in [2.24, 2.45) is 23.7 Å². The number of rotatable bonds is 13. The van der Waals surface area contributed by atoms with Gasteiger partial charge in [-0.05, 0) is 65.2 Å². The van der Waals surface area contributed by atoms with Crippen molar-refractivity contribution in [2.45, 2.75) is 92.9 Å². The van der Waals surface area contributed by atoms with Crippen LogP contribution in [0.15, 0.2) is 0 Å². The molecular weight excluding hydrogens is 594 g/mol. The lowest BCUT2D eigenvalue weighted by Gasteiger charge is -2.35. The molecule has 0 spiro atoms. The van der Waals surface area contributed by atoms with Gasteiger partial charge >= 0.3 is 0 Å². The first-order valence-corrected chi connectivity index (χ1v) is 13.2. The third-order valence-electron chi connectivity index (χ3n) is 9.27. The molecule has 4 unspecified atom stereocenters. The molecule has 2 aliphatic rings. The number of hydrogen-bond acceptors (Lipinski definition) is 0. The van der Waals surface area contributed by atoms with Crippen LogP contribution >= 0.6 is 0 Å². The zero-order valence-corrected chi connectivity index (χ0v) is 25.6. The first kappa shape index (κ1) is 31.4. The molecule has 0 aromatic heterocycles. The van der Waals surface area contributed by atoms with Crippen molar-refractivity contribution >= 4 is 0 Å². The van der Waals surface area contributed by atoms with Crippen LogP contribution in [0, 0.1) is 23.7 Å². The maximum absolute atomic E-state index is 2.45. The molecule has 0 aromatic rings. The SMILES string of the molecule is CCC1C[N+](CC)(CCCCCC[N+]2(CC)CC(CC)C(CC)C2)CC1CC.[I-].[I-]. The van der Waals surface area contributed by atoms with Crippen LogP contribution in [-0.4, -0.2) is 61.3 Å². The van der Waals surface area contributed by atoms with Gasteiger partial charge < -0.3 is 56.9 Å². The Labute approximate surface area is 224 Å². The van der Waals surface area contributed by atoms with Gasteiger partial charge in [0.1, 0.15) is 0 Å². The van der Waals surface area contributed by atoms with E-state index in [1.165, 1.54) is 113 Å². The molecule has 30 heavy (non-hydrogen) atoms. The Kier molecular flexibility index (Phi) is 16.0. The smallest absolute Gasteiger partial charge is 0.0820 e. The van der Waals surface area contributed by atoms with E-state index in [4.69, 9.17) is 0 Å². The predicted octanol–water partition coefficient (Wildman–Crippen LogP) is 0.360. The van der Waals surface area contributed by atoms with Crippen LogP contribution in [0.5, 0.6) is 0 Å². The fraction of sp³-hybridized carbons (Fsp3) is 1.00. The number of unbranched alkanes of at least 4 members (excludes halogenated alkanes) is 3. The third-order valence-corrected chi connectivity index (χ3v) is 9.27. The number of quaternary nitrogens is 2. The number of halogens is 2. The Morgan fingerprint density at radius 2 is 0.733 bits per heavy atom. The summed E-state index contributed by atoms with van der Waals surface area (Å²) in [6.07, 6.45) is 11.4. The molecule has 2 aliphatic heterocycles. The zero-order chi connectivity index (χ0) is 20.6. The summed E-state index contributed by atoms with van der Waals surface area (Å²) >= 11 is 0. The highest BCUT2D eigenvalue weighted by molar-refractivity contribution is 4.76. The molecule has 0 aromatic carbocycles. The lowest BCUT2D eigenvalue weighted by molar-refractivity contribution is -0.918. The van der Waals surface area contributed by atoms with Gasteiger partial charge in [0, 0.05) is 23.7 Å². The summed E-state index contributed by atoms with van der Waals surface area (Å²) in [5.41, 5.74) is 0. The van der Waals surface area contributed by atoms with Crippen molar-refractivity contribution in [2.75, 3.05) is 52.4 Å². The van der Waals surface area contributed by atoms with Gasteiger partial charge in [0.15, 0.2) is 0 Å². The van der Waals surface area contributed by atoms with Gasteiger partial charge in [0.05, 0.1) is 52.4 Å². The second-order valence-electron chi connectivity index (χ2n) is 10.6. The molecule has 2 heterocycles. The fourth-order valence-corrected chi connectivity index (χ4v) is 7.03. The molecule has 4 atom stereocenters. The van der Waals surface area contributed by atoms with Crippen LogP contribution in [0.1, 0.15) is 92.9 Å². The van der Waals surface area contributed by atoms with E-state index in [-0.39, 0.29) is 48.0 Å². The topological polar surface area (TPSA) is 0 Å². The average Bonchev–Trinajstić information content (AvgIpc) is 3.29. The normalized spacial score (nSPS) is 35.8. The van der Waals surface area contributed by atoms with Crippen LogP contribution in [0.25, 0.3) is 0 Å². The predicted molar refractivity (Wildman–Crippen MR) is 124 cm³/mol. The summed E-state index contributed by atoms with van der Waals surface area (Å²) in [4.78, 5) is 0. The minimum absolute atomic E-state index is 0. The molecule has 2 nitrogen and oxygen atoms in total. The van der Waals surface area contributed by atoms with Gasteiger partial charge in [-0.15, -0.1) is 0 Å². The second-order valence-corrected chi connectivity index (χ2v) is 10.6. The van der Waals surface area contributed by atoms with E-state index >= 15 is 0 Å². The highest BCUT2D eigenvalue weighted by Gasteiger charge is 2.43. The molecule has 0 N–H and O–H groups in total. The van der Waals surface area contributed by atoms with Crippen LogP contribution < -0.4 is 48.0 Å². The standard InChI is InChI=1S/C26H54N2.2HI/c1-7-23-19-27(11-5,20-24(23)8-2)17-15-13-14-16-18-28(12-6)21-25(9-3)26(10-4)22-28;;/h23-26H,7-22H2,1-6H3;2*1H/q+2;;/p-2. The molecule has 4 heteroatoms. The molecule has 0 aliphatic carbocycles. The van der Waals surface area contributed by atoms with Gasteiger partial charge in [-0.2, -0.15) is 0 Å². The number of hydrogen-bond donors (Lipinski definition) is 0. The summed E-state index contributed by atoms with van der Waals surface area (Å²) in [5.74, 6) is 3.97. The van der Waals surface area contributed by atoms with Crippen LogP contribution in [0.2, 0.25) is 0 Å². The van der Waals surface area contributed by atoms with Crippen LogP contribution in [0.3, 0.4) is 0 Å². The Balaban J connectivity index is 0.00000420. The van der Waals surface area contributed by atoms with Crippen LogP contribution in [-0.2, 0) is 0 Å². The quantitative estimate of drug-likeness (QED) is 0.154. The number of nitrogens with zero attached hydrogens (tertiary/aromatic N) is 2. The lowest BCUT2D eigenvalue weighted by Crippen LogP contribution is -3.00. The van der Waals surface area contributed by atoms with E-state index in [1.807, 2.05) is 0 Å². The first-order chi connectivity index (χ1) is 13.5. The van der Waals surface area contributed by atoms with Gasteiger partial charge in [-0.3, -0.25) is 0 Å². The molecule has 0 saturated carbocycles. The van der Waals surface area contributed by atoms with Crippen molar-refractivity contribution in [1.82, 2.24) is 0 Å². The van der Waals surface area contributed by atoms with E-state index in [0.29, 0.717) is 0 Å². The molecule has 0 radical (unpaired) electrons. The summed E-state index contributed by atoms with van der Waals surface area (Å²) in [5, 5.41) is 0. The summed E-state index contributed by atoms with van der Waals surface area (Å²) < 4.78 is 2.87. The number of likely N-dealkylation sites (tertiary alicyclic amines) is 2. The summed E-state index contributed by atoms with van der Waals surface area (Å²) in [7, 11) is 0. The van der Waals surface area contributed by atoms with Crippen LogP contribution in [0.4, 0.5) is 0 Å². The molecule has 0 amide bonds. The Morgan fingerprint density at radius 1 is 0.467 bits per heavy atom. The Morgan fingerprint density at radius 3 is 0.933 bits per heavy atom. The summed E-state index contributed by atoms with van der Waals surface area (Å²) in [6, 6.07) is 0. The monoisotopic (exact) mass is 648 g/mol. The minimum atomic E-state index is 0. The minimum Gasteiger partial charge on any atom is -1.00 e. The maximum atomic E-state index is 2.45. The zero-order valence-electron chi connectivity index (χ0n) is 21.3. The highest BCUT2D eigenvalue weighted by atomic mass is 127. The Hall–Kier alpha value is 1.38. The second kappa shape index (κ2) is 15.3. The maximum Gasteiger partial charge on any atom is 0.0820 e. The molecule has 2 saturated heterocycles. The van der Waals surface area contributed by atoms with E-state index in [9.17, 15) is 0 Å².